The SMILES string of the molecule is O=C(CO/N=C1/C(c2c(O)[nH]c3ccc(F)cc23)=Nc2ccccc21)N1CCNCC1. The van der Waals surface area contributed by atoms with Crippen LogP contribution in [0.15, 0.2) is 52.6 Å². The Labute approximate surface area is 177 Å². The maximum absolute atomic E-state index is 13.9. The highest BCUT2D eigenvalue weighted by molar-refractivity contribution is 6.58. The first-order valence-electron chi connectivity index (χ1n) is 9.99. The van der Waals surface area contributed by atoms with Gasteiger partial charge in [0.25, 0.3) is 5.91 Å². The molecule has 1 fully saturated rings. The molecule has 0 atom stereocenters. The van der Waals surface area contributed by atoms with Crippen molar-refractivity contribution < 1.29 is 19.1 Å². The lowest BCUT2D eigenvalue weighted by molar-refractivity contribution is -0.136. The molecule has 0 spiro atoms. The highest BCUT2D eigenvalue weighted by Crippen LogP contribution is 2.35. The van der Waals surface area contributed by atoms with E-state index < -0.39 is 5.82 Å². The number of para-hydroxylation sites is 1. The summed E-state index contributed by atoms with van der Waals surface area (Å²) in [7, 11) is 0. The van der Waals surface area contributed by atoms with Crippen molar-refractivity contribution in [3.8, 4) is 5.88 Å². The molecule has 0 unspecified atom stereocenters. The van der Waals surface area contributed by atoms with Crippen molar-refractivity contribution in [2.45, 2.75) is 0 Å². The number of amides is 1. The number of aromatic hydroxyl groups is 1. The topological polar surface area (TPSA) is 102 Å². The fourth-order valence-corrected chi connectivity index (χ4v) is 3.89. The van der Waals surface area contributed by atoms with Crippen LogP contribution in [-0.4, -0.2) is 65.1 Å². The number of aromatic nitrogens is 1. The Morgan fingerprint density at radius 2 is 2.03 bits per heavy atom. The second-order valence-electron chi connectivity index (χ2n) is 7.36. The van der Waals surface area contributed by atoms with E-state index in [2.05, 4.69) is 20.4 Å². The van der Waals surface area contributed by atoms with E-state index in [1.807, 2.05) is 24.3 Å². The predicted molar refractivity (Wildman–Crippen MR) is 114 cm³/mol. The van der Waals surface area contributed by atoms with Gasteiger partial charge in [-0.2, -0.15) is 0 Å². The number of aliphatic imine (C=N–C) groups is 1. The van der Waals surface area contributed by atoms with Gasteiger partial charge in [-0.1, -0.05) is 23.4 Å². The molecular formula is C22H20FN5O3. The summed E-state index contributed by atoms with van der Waals surface area (Å²) in [5, 5.41) is 18.4. The molecule has 0 radical (unpaired) electrons. The lowest BCUT2D eigenvalue weighted by atomic mass is 10.0. The number of carbonyl (C=O) groups excluding carboxylic acids is 1. The normalized spacial score (nSPS) is 17.1. The first-order valence-corrected chi connectivity index (χ1v) is 9.99. The number of hydrogen-bond acceptors (Lipinski definition) is 6. The van der Waals surface area contributed by atoms with E-state index in [-0.39, 0.29) is 18.4 Å². The summed E-state index contributed by atoms with van der Waals surface area (Å²) in [6, 6.07) is 11.5. The van der Waals surface area contributed by atoms with Crippen LogP contribution in [0.2, 0.25) is 0 Å². The number of H-pyrrole nitrogens is 1. The van der Waals surface area contributed by atoms with Gasteiger partial charge in [0.15, 0.2) is 12.5 Å². The summed E-state index contributed by atoms with van der Waals surface area (Å²) < 4.78 is 13.9. The summed E-state index contributed by atoms with van der Waals surface area (Å²) >= 11 is 0. The number of nitrogens with one attached hydrogen (secondary N) is 2. The predicted octanol–water partition coefficient (Wildman–Crippen LogP) is 2.30. The molecule has 0 saturated carbocycles. The molecule has 3 heterocycles. The molecular weight excluding hydrogens is 401 g/mol. The third-order valence-electron chi connectivity index (χ3n) is 5.41. The number of benzene rings is 2. The molecule has 2 aliphatic rings. The van der Waals surface area contributed by atoms with E-state index in [4.69, 9.17) is 4.84 Å². The van der Waals surface area contributed by atoms with Crippen LogP contribution < -0.4 is 5.32 Å². The van der Waals surface area contributed by atoms with Crippen molar-refractivity contribution in [1.29, 1.82) is 0 Å². The van der Waals surface area contributed by atoms with Crippen molar-refractivity contribution in [3.05, 3.63) is 59.4 Å². The van der Waals surface area contributed by atoms with Crippen LogP contribution in [0.3, 0.4) is 0 Å². The number of hydrogen-bond donors (Lipinski definition) is 3. The smallest absolute Gasteiger partial charge is 0.263 e. The number of rotatable bonds is 4. The van der Waals surface area contributed by atoms with Crippen LogP contribution in [0, 0.1) is 5.82 Å². The first kappa shape index (κ1) is 19.3. The fraction of sp³-hybridized carbons (Fsp3) is 0.227. The van der Waals surface area contributed by atoms with Gasteiger partial charge >= 0.3 is 0 Å². The number of fused-ring (bicyclic) bond motifs is 2. The average Bonchev–Trinajstić information content (AvgIpc) is 3.30. The number of halogens is 1. The molecule has 2 aliphatic heterocycles. The van der Waals surface area contributed by atoms with Crippen LogP contribution in [0.1, 0.15) is 11.1 Å². The minimum atomic E-state index is -0.430. The van der Waals surface area contributed by atoms with Crippen molar-refractivity contribution in [2.24, 2.45) is 10.1 Å². The molecule has 0 aliphatic carbocycles. The molecule has 3 N–H and O–H groups in total. The molecule has 5 rings (SSSR count). The van der Waals surface area contributed by atoms with Gasteiger partial charge in [0.05, 0.1) is 11.3 Å². The van der Waals surface area contributed by atoms with E-state index in [1.54, 1.807) is 11.0 Å². The first-order chi connectivity index (χ1) is 15.1. The van der Waals surface area contributed by atoms with Crippen molar-refractivity contribution in [2.75, 3.05) is 32.8 Å². The van der Waals surface area contributed by atoms with E-state index >= 15 is 0 Å². The fourth-order valence-electron chi connectivity index (χ4n) is 3.89. The van der Waals surface area contributed by atoms with Crippen LogP contribution in [0.5, 0.6) is 5.88 Å². The zero-order chi connectivity index (χ0) is 21.4. The monoisotopic (exact) mass is 421 g/mol. The van der Waals surface area contributed by atoms with Gasteiger partial charge in [-0.15, -0.1) is 0 Å². The molecule has 0 bridgehead atoms. The van der Waals surface area contributed by atoms with E-state index in [9.17, 15) is 14.3 Å². The van der Waals surface area contributed by atoms with Crippen LogP contribution in [0.4, 0.5) is 10.1 Å². The van der Waals surface area contributed by atoms with Crippen molar-refractivity contribution >= 4 is 33.9 Å². The number of oxime groups is 1. The summed E-state index contributed by atoms with van der Waals surface area (Å²) in [6.07, 6.45) is 0. The van der Waals surface area contributed by atoms with Gasteiger partial charge in [-0.05, 0) is 24.3 Å². The molecule has 9 heteroatoms. The maximum atomic E-state index is 13.9. The number of piperazine rings is 1. The van der Waals surface area contributed by atoms with Crippen molar-refractivity contribution in [3.63, 3.8) is 0 Å². The molecule has 31 heavy (non-hydrogen) atoms. The van der Waals surface area contributed by atoms with Crippen LogP contribution >= 0.6 is 0 Å². The number of carbonyl (C=O) groups is 1. The summed E-state index contributed by atoms with van der Waals surface area (Å²) in [5.41, 5.74) is 2.99. The molecule has 158 valence electrons. The minimum Gasteiger partial charge on any atom is -0.494 e. The van der Waals surface area contributed by atoms with Gasteiger partial charge in [0.2, 0.25) is 0 Å². The minimum absolute atomic E-state index is 0.142. The van der Waals surface area contributed by atoms with Crippen LogP contribution in [-0.2, 0) is 9.63 Å². The standard InChI is InChI=1S/C22H20FN5O3/c23-13-5-6-17-15(11-13)19(22(30)26-17)21-20(14-3-1-2-4-16(14)25-21)27-31-12-18(29)28-9-7-24-8-10-28/h1-6,11,24,26,30H,7-10,12H2/b27-20+. The Balaban J connectivity index is 1.49. The average molecular weight is 421 g/mol. The van der Waals surface area contributed by atoms with Crippen LogP contribution in [0.25, 0.3) is 10.9 Å². The Hall–Kier alpha value is -3.72. The maximum Gasteiger partial charge on any atom is 0.263 e. The summed E-state index contributed by atoms with van der Waals surface area (Å²) in [5.74, 6) is -0.718. The lowest BCUT2D eigenvalue weighted by Crippen LogP contribution is -2.47. The lowest BCUT2D eigenvalue weighted by Gasteiger charge is -2.26. The van der Waals surface area contributed by atoms with E-state index in [0.29, 0.717) is 52.2 Å². The van der Waals surface area contributed by atoms with Gasteiger partial charge < -0.3 is 25.1 Å². The summed E-state index contributed by atoms with van der Waals surface area (Å²) in [6.45, 7) is 2.56. The van der Waals surface area contributed by atoms with E-state index in [1.165, 1.54) is 12.1 Å². The highest BCUT2D eigenvalue weighted by atomic mass is 19.1. The molecule has 2 aromatic carbocycles. The molecule has 1 amide bonds. The van der Waals surface area contributed by atoms with Gasteiger partial charge in [0.1, 0.15) is 17.2 Å². The van der Waals surface area contributed by atoms with E-state index in [0.717, 1.165) is 13.1 Å². The van der Waals surface area contributed by atoms with Gasteiger partial charge in [0, 0.05) is 42.6 Å². The van der Waals surface area contributed by atoms with Crippen molar-refractivity contribution in [1.82, 2.24) is 15.2 Å². The molecule has 1 aromatic heterocycles. The largest absolute Gasteiger partial charge is 0.494 e. The Bertz CT molecular complexity index is 1230. The van der Waals surface area contributed by atoms with Gasteiger partial charge in [-0.25, -0.2) is 9.38 Å². The Morgan fingerprint density at radius 3 is 2.87 bits per heavy atom. The van der Waals surface area contributed by atoms with Gasteiger partial charge in [-0.3, -0.25) is 4.79 Å². The Kier molecular flexibility index (Phi) is 4.87. The summed E-state index contributed by atoms with van der Waals surface area (Å²) in [4.78, 5) is 27.0. The zero-order valence-corrected chi connectivity index (χ0v) is 16.6. The third kappa shape index (κ3) is 3.53. The number of aromatic amines is 1. The molecule has 1 saturated heterocycles. The second kappa shape index (κ2) is 7.84. The Morgan fingerprint density at radius 1 is 1.23 bits per heavy atom. The highest BCUT2D eigenvalue weighted by Gasteiger charge is 2.29. The molecule has 3 aromatic rings. The third-order valence-corrected chi connectivity index (χ3v) is 5.41. The zero-order valence-electron chi connectivity index (χ0n) is 16.6. The second-order valence-corrected chi connectivity index (χ2v) is 7.36. The quantitative estimate of drug-likeness (QED) is 0.563. The number of nitrogens with zero attached hydrogens (tertiary/aromatic N) is 3. The molecule has 8 nitrogen and oxygen atoms in total.